The molecule has 2 aromatic carbocycles. The number of rotatable bonds is 1. The molecule has 2 aliphatic rings. The molecule has 1 unspecified atom stereocenters. The Hall–Kier alpha value is -3.50. The molecule has 0 saturated carbocycles. The summed E-state index contributed by atoms with van der Waals surface area (Å²) in [6, 6.07) is 15.2. The summed E-state index contributed by atoms with van der Waals surface area (Å²) in [4.78, 5) is 27.2. The maximum atomic E-state index is 13.5. The maximum Gasteiger partial charge on any atom is 0.245 e. The van der Waals surface area contributed by atoms with Crippen molar-refractivity contribution in [1.82, 2.24) is 5.32 Å². The first kappa shape index (κ1) is 16.7. The molecule has 0 bridgehead atoms. The fraction of sp³-hybridized carbons (Fsp3) is 0.0952. The van der Waals surface area contributed by atoms with Crippen LogP contribution in [0.1, 0.15) is 17.0 Å². The second kappa shape index (κ2) is 6.01. The van der Waals surface area contributed by atoms with Crippen molar-refractivity contribution in [2.75, 3.05) is 11.4 Å². The minimum absolute atomic E-state index is 0.0535. The second-order valence-electron chi connectivity index (χ2n) is 6.64. The smallest absolute Gasteiger partial charge is 0.245 e. The van der Waals surface area contributed by atoms with Gasteiger partial charge in [-0.25, -0.2) is 4.39 Å². The van der Waals surface area contributed by atoms with E-state index in [1.165, 1.54) is 23.5 Å². The zero-order valence-corrected chi connectivity index (χ0v) is 15.2. The van der Waals surface area contributed by atoms with Crippen LogP contribution in [0.5, 0.6) is 0 Å². The van der Waals surface area contributed by atoms with Crippen molar-refractivity contribution in [2.24, 2.45) is 0 Å². The Balaban J connectivity index is 1.89. The molecule has 136 valence electrons. The highest BCUT2D eigenvalue weighted by molar-refractivity contribution is 7.22. The Labute approximate surface area is 163 Å². The molecule has 28 heavy (non-hydrogen) atoms. The van der Waals surface area contributed by atoms with Crippen LogP contribution in [0.4, 0.5) is 9.39 Å². The van der Waals surface area contributed by atoms with Gasteiger partial charge in [0.25, 0.3) is 0 Å². The number of anilines is 1. The molecule has 0 radical (unpaired) electrons. The van der Waals surface area contributed by atoms with Crippen LogP contribution in [0.2, 0.25) is 0 Å². The summed E-state index contributed by atoms with van der Waals surface area (Å²) in [6.45, 7) is 0.0535. The van der Waals surface area contributed by atoms with Gasteiger partial charge < -0.3 is 10.2 Å². The Kier molecular flexibility index (Phi) is 3.57. The summed E-state index contributed by atoms with van der Waals surface area (Å²) in [5, 5.41) is 13.8. The van der Waals surface area contributed by atoms with Gasteiger partial charge in [-0.05, 0) is 29.8 Å². The number of carbonyl (C=O) groups is 1. The number of allylic oxidation sites excluding steroid dienone is 1. The number of amides is 1. The van der Waals surface area contributed by atoms with Crippen LogP contribution in [0.25, 0.3) is 10.1 Å². The quantitative estimate of drug-likeness (QED) is 0.694. The van der Waals surface area contributed by atoms with E-state index in [1.807, 2.05) is 12.1 Å². The van der Waals surface area contributed by atoms with Crippen molar-refractivity contribution >= 4 is 32.3 Å². The summed E-state index contributed by atoms with van der Waals surface area (Å²) in [6.07, 6.45) is 0. The van der Waals surface area contributed by atoms with Crippen LogP contribution in [-0.2, 0) is 4.79 Å². The lowest BCUT2D eigenvalue weighted by Gasteiger charge is -2.31. The molecular weight excluding hydrogens is 377 g/mol. The average Bonchev–Trinajstić information content (AvgIpc) is 3.09. The van der Waals surface area contributed by atoms with E-state index in [-0.39, 0.29) is 23.5 Å². The number of benzene rings is 2. The van der Waals surface area contributed by atoms with E-state index >= 15 is 0 Å². The number of nitriles is 1. The summed E-state index contributed by atoms with van der Waals surface area (Å²) >= 11 is 1.41. The molecule has 1 fully saturated rings. The highest BCUT2D eigenvalue weighted by atomic mass is 32.1. The van der Waals surface area contributed by atoms with Gasteiger partial charge in [-0.3, -0.25) is 9.59 Å². The average molecular weight is 389 g/mol. The van der Waals surface area contributed by atoms with Crippen molar-refractivity contribution in [2.45, 2.75) is 5.92 Å². The lowest BCUT2D eigenvalue weighted by molar-refractivity contribution is -0.117. The van der Waals surface area contributed by atoms with Gasteiger partial charge in [0.05, 0.1) is 17.6 Å². The zero-order chi connectivity index (χ0) is 19.4. The molecule has 3 aromatic rings. The van der Waals surface area contributed by atoms with E-state index in [1.54, 1.807) is 29.2 Å². The Bertz CT molecular complexity index is 1290. The maximum absolute atomic E-state index is 13.5. The fourth-order valence-electron chi connectivity index (χ4n) is 3.83. The van der Waals surface area contributed by atoms with E-state index in [0.29, 0.717) is 27.3 Å². The SMILES string of the molecule is N#CC1=C2NC(=O)CN2c2sc3ccccc3c(=O)c2C1c1ccc(F)cc1. The largest absolute Gasteiger partial charge is 0.310 e. The van der Waals surface area contributed by atoms with Crippen LogP contribution >= 0.6 is 11.3 Å². The summed E-state index contributed by atoms with van der Waals surface area (Å²) in [5.41, 5.74) is 1.19. The molecule has 1 atom stereocenters. The molecule has 0 spiro atoms. The molecule has 1 N–H and O–H groups in total. The molecule has 1 saturated heterocycles. The summed E-state index contributed by atoms with van der Waals surface area (Å²) in [5.74, 6) is -0.898. The minimum atomic E-state index is -0.668. The molecule has 7 heteroatoms. The van der Waals surface area contributed by atoms with Gasteiger partial charge in [-0.1, -0.05) is 24.3 Å². The molecule has 0 aliphatic carbocycles. The predicted molar refractivity (Wildman–Crippen MR) is 104 cm³/mol. The highest BCUT2D eigenvalue weighted by Gasteiger charge is 2.41. The van der Waals surface area contributed by atoms with Gasteiger partial charge in [0.1, 0.15) is 23.2 Å². The Morgan fingerprint density at radius 1 is 1.14 bits per heavy atom. The van der Waals surface area contributed by atoms with E-state index in [9.17, 15) is 19.2 Å². The number of nitrogens with one attached hydrogen (secondary N) is 1. The Morgan fingerprint density at radius 2 is 1.89 bits per heavy atom. The van der Waals surface area contributed by atoms with Gasteiger partial charge in [0.2, 0.25) is 5.91 Å². The molecule has 1 aromatic heterocycles. The van der Waals surface area contributed by atoms with Gasteiger partial charge in [0, 0.05) is 15.6 Å². The summed E-state index contributed by atoms with van der Waals surface area (Å²) < 4.78 is 14.3. The zero-order valence-electron chi connectivity index (χ0n) is 14.4. The normalized spacial score (nSPS) is 17.9. The number of nitrogens with zero attached hydrogens (tertiary/aromatic N) is 2. The van der Waals surface area contributed by atoms with Crippen molar-refractivity contribution < 1.29 is 9.18 Å². The van der Waals surface area contributed by atoms with Crippen LogP contribution in [0.3, 0.4) is 0 Å². The van der Waals surface area contributed by atoms with E-state index in [2.05, 4.69) is 11.4 Å². The molecule has 3 heterocycles. The molecular formula is C21H12FN3O2S. The number of hydrogen-bond acceptors (Lipinski definition) is 5. The van der Waals surface area contributed by atoms with E-state index in [4.69, 9.17) is 0 Å². The molecule has 2 aliphatic heterocycles. The lowest BCUT2D eigenvalue weighted by atomic mass is 9.83. The Morgan fingerprint density at radius 3 is 2.64 bits per heavy atom. The van der Waals surface area contributed by atoms with Crippen molar-refractivity contribution in [1.29, 1.82) is 5.26 Å². The monoisotopic (exact) mass is 389 g/mol. The van der Waals surface area contributed by atoms with Gasteiger partial charge in [-0.2, -0.15) is 5.26 Å². The first-order chi connectivity index (χ1) is 13.6. The topological polar surface area (TPSA) is 73.2 Å². The third kappa shape index (κ3) is 2.28. The summed E-state index contributed by atoms with van der Waals surface area (Å²) in [7, 11) is 0. The van der Waals surface area contributed by atoms with Crippen LogP contribution in [0.15, 0.2) is 64.7 Å². The van der Waals surface area contributed by atoms with Crippen LogP contribution < -0.4 is 15.6 Å². The van der Waals surface area contributed by atoms with Gasteiger partial charge >= 0.3 is 0 Å². The number of fused-ring (bicyclic) bond motifs is 4. The highest BCUT2D eigenvalue weighted by Crippen LogP contribution is 2.46. The second-order valence-corrected chi connectivity index (χ2v) is 7.67. The third-order valence-corrected chi connectivity index (χ3v) is 6.25. The van der Waals surface area contributed by atoms with E-state index in [0.717, 1.165) is 4.70 Å². The van der Waals surface area contributed by atoms with Crippen molar-refractivity contribution in [3.63, 3.8) is 0 Å². The predicted octanol–water partition coefficient (Wildman–Crippen LogP) is 3.22. The van der Waals surface area contributed by atoms with Crippen LogP contribution in [0, 0.1) is 17.1 Å². The lowest BCUT2D eigenvalue weighted by Crippen LogP contribution is -2.32. The number of hydrogen-bond donors (Lipinski definition) is 1. The standard InChI is InChI=1S/C21H12FN3O2S/c22-12-7-5-11(6-8-12)17-14(9-23)20-24-16(26)10-25(20)21-18(17)19(27)13-3-1-2-4-15(13)28-21/h1-8,17H,10H2,(H,24,26). The minimum Gasteiger partial charge on any atom is -0.310 e. The van der Waals surface area contributed by atoms with Crippen molar-refractivity contribution in [3.8, 4) is 6.07 Å². The first-order valence-corrected chi connectivity index (χ1v) is 9.43. The van der Waals surface area contributed by atoms with Crippen LogP contribution in [-0.4, -0.2) is 12.5 Å². The van der Waals surface area contributed by atoms with Gasteiger partial charge in [-0.15, -0.1) is 11.3 Å². The molecule has 5 nitrogen and oxygen atoms in total. The fourth-order valence-corrected chi connectivity index (χ4v) is 5.05. The van der Waals surface area contributed by atoms with Gasteiger partial charge in [0.15, 0.2) is 5.43 Å². The molecule has 5 rings (SSSR count). The third-order valence-electron chi connectivity index (χ3n) is 5.04. The molecule has 1 amide bonds. The van der Waals surface area contributed by atoms with E-state index < -0.39 is 11.7 Å². The first-order valence-electron chi connectivity index (χ1n) is 8.61. The number of halogens is 1. The van der Waals surface area contributed by atoms with Crippen molar-refractivity contribution in [3.05, 3.63) is 87.1 Å². The number of carbonyl (C=O) groups excluding carboxylic acids is 1.